The second-order valence-corrected chi connectivity index (χ2v) is 2.97. The number of nitrogens with one attached hydrogen (secondary N) is 1. The SMILES string of the molecule is Cc1cc(C(=O)NO)cc(Cl)c1O. The molecule has 0 fully saturated rings. The van der Waals surface area contributed by atoms with Crippen LogP contribution in [0.3, 0.4) is 0 Å². The van der Waals surface area contributed by atoms with Gasteiger partial charge in [0.25, 0.3) is 5.91 Å². The molecule has 0 aliphatic carbocycles. The van der Waals surface area contributed by atoms with Crippen LogP contribution < -0.4 is 5.48 Å². The largest absolute Gasteiger partial charge is 0.506 e. The summed E-state index contributed by atoms with van der Waals surface area (Å²) in [6.07, 6.45) is 0. The van der Waals surface area contributed by atoms with E-state index in [0.29, 0.717) is 5.56 Å². The first kappa shape index (κ1) is 9.83. The summed E-state index contributed by atoms with van der Waals surface area (Å²) in [6, 6.07) is 2.70. The van der Waals surface area contributed by atoms with Gasteiger partial charge in [-0.2, -0.15) is 0 Å². The average molecular weight is 202 g/mol. The molecule has 0 atom stereocenters. The molecule has 1 rings (SSSR count). The number of aromatic hydroxyl groups is 1. The summed E-state index contributed by atoms with van der Waals surface area (Å²) in [5.74, 6) is -0.721. The van der Waals surface area contributed by atoms with E-state index in [9.17, 15) is 9.90 Å². The van der Waals surface area contributed by atoms with Crippen molar-refractivity contribution in [1.82, 2.24) is 5.48 Å². The zero-order chi connectivity index (χ0) is 10.0. The van der Waals surface area contributed by atoms with Crippen molar-refractivity contribution in [3.8, 4) is 5.75 Å². The molecule has 0 unspecified atom stereocenters. The third kappa shape index (κ3) is 1.91. The number of phenols is 1. The lowest BCUT2D eigenvalue weighted by Gasteiger charge is -2.04. The first-order valence-corrected chi connectivity index (χ1v) is 3.87. The Labute approximate surface area is 79.7 Å². The van der Waals surface area contributed by atoms with Crippen LogP contribution in [0.15, 0.2) is 12.1 Å². The fourth-order valence-electron chi connectivity index (χ4n) is 0.932. The van der Waals surface area contributed by atoms with Gasteiger partial charge in [0, 0.05) is 5.56 Å². The molecule has 1 amide bonds. The molecule has 0 aromatic heterocycles. The number of hydroxylamine groups is 1. The van der Waals surface area contributed by atoms with E-state index in [1.54, 1.807) is 6.92 Å². The summed E-state index contributed by atoms with van der Waals surface area (Å²) in [6.45, 7) is 1.61. The van der Waals surface area contributed by atoms with Gasteiger partial charge in [-0.05, 0) is 24.6 Å². The van der Waals surface area contributed by atoms with Crippen molar-refractivity contribution in [2.75, 3.05) is 0 Å². The van der Waals surface area contributed by atoms with Gasteiger partial charge in [0.15, 0.2) is 0 Å². The van der Waals surface area contributed by atoms with Gasteiger partial charge in [0.2, 0.25) is 0 Å². The third-order valence-corrected chi connectivity index (χ3v) is 1.91. The average Bonchev–Trinajstić information content (AvgIpc) is 2.12. The highest BCUT2D eigenvalue weighted by atomic mass is 35.5. The predicted molar refractivity (Wildman–Crippen MR) is 47.1 cm³/mol. The van der Waals surface area contributed by atoms with Crippen LogP contribution in [0.25, 0.3) is 0 Å². The first-order chi connectivity index (χ1) is 6.06. The molecule has 1 aromatic carbocycles. The van der Waals surface area contributed by atoms with Crippen molar-refractivity contribution >= 4 is 17.5 Å². The number of amides is 1. The number of carbonyl (C=O) groups is 1. The van der Waals surface area contributed by atoms with E-state index in [0.717, 1.165) is 0 Å². The summed E-state index contributed by atoms with van der Waals surface area (Å²) >= 11 is 5.61. The molecule has 0 saturated carbocycles. The Morgan fingerprint density at radius 2 is 2.15 bits per heavy atom. The summed E-state index contributed by atoms with van der Waals surface area (Å²) < 4.78 is 0. The second-order valence-electron chi connectivity index (χ2n) is 2.56. The number of hydrogen-bond acceptors (Lipinski definition) is 3. The molecule has 0 heterocycles. The number of phenolic OH excluding ortho intramolecular Hbond substituents is 1. The topological polar surface area (TPSA) is 69.6 Å². The molecule has 0 aliphatic heterocycles. The van der Waals surface area contributed by atoms with Crippen molar-refractivity contribution in [2.45, 2.75) is 6.92 Å². The Morgan fingerprint density at radius 3 is 2.62 bits per heavy atom. The quantitative estimate of drug-likeness (QED) is 0.476. The monoisotopic (exact) mass is 201 g/mol. The van der Waals surface area contributed by atoms with Crippen molar-refractivity contribution < 1.29 is 15.1 Å². The van der Waals surface area contributed by atoms with Gasteiger partial charge in [0.1, 0.15) is 5.75 Å². The minimum Gasteiger partial charge on any atom is -0.506 e. The molecule has 13 heavy (non-hydrogen) atoms. The smallest absolute Gasteiger partial charge is 0.274 e. The second kappa shape index (κ2) is 3.64. The molecule has 0 spiro atoms. The Hall–Kier alpha value is -1.26. The van der Waals surface area contributed by atoms with Crippen LogP contribution in [-0.2, 0) is 0 Å². The lowest BCUT2D eigenvalue weighted by molar-refractivity contribution is 0.0706. The zero-order valence-electron chi connectivity index (χ0n) is 6.84. The maximum Gasteiger partial charge on any atom is 0.274 e. The van der Waals surface area contributed by atoms with Crippen LogP contribution >= 0.6 is 11.6 Å². The summed E-state index contributed by atoms with van der Waals surface area (Å²) in [5.41, 5.74) is 2.15. The lowest BCUT2D eigenvalue weighted by Crippen LogP contribution is -2.18. The normalized spacial score (nSPS) is 9.77. The number of hydrogen-bond donors (Lipinski definition) is 3. The number of halogens is 1. The summed E-state index contributed by atoms with van der Waals surface area (Å²) in [5, 5.41) is 17.7. The fourth-order valence-corrected chi connectivity index (χ4v) is 1.20. The van der Waals surface area contributed by atoms with Gasteiger partial charge in [-0.15, -0.1) is 0 Å². The van der Waals surface area contributed by atoms with Gasteiger partial charge in [-0.3, -0.25) is 10.0 Å². The van der Waals surface area contributed by atoms with E-state index in [-0.39, 0.29) is 16.3 Å². The molecule has 70 valence electrons. The number of rotatable bonds is 1. The highest BCUT2D eigenvalue weighted by molar-refractivity contribution is 6.32. The van der Waals surface area contributed by atoms with Crippen LogP contribution in [0, 0.1) is 6.92 Å². The van der Waals surface area contributed by atoms with Gasteiger partial charge in [-0.1, -0.05) is 11.6 Å². The molecule has 0 radical (unpaired) electrons. The van der Waals surface area contributed by atoms with Crippen LogP contribution in [0.5, 0.6) is 5.75 Å². The van der Waals surface area contributed by atoms with Crippen molar-refractivity contribution in [2.24, 2.45) is 0 Å². The molecule has 5 heteroatoms. The lowest BCUT2D eigenvalue weighted by atomic mass is 10.1. The van der Waals surface area contributed by atoms with Gasteiger partial charge >= 0.3 is 0 Å². The van der Waals surface area contributed by atoms with Crippen LogP contribution in [0.4, 0.5) is 0 Å². The highest BCUT2D eigenvalue weighted by Gasteiger charge is 2.09. The minimum atomic E-state index is -0.662. The molecule has 0 bridgehead atoms. The summed E-state index contributed by atoms with van der Waals surface area (Å²) in [4.78, 5) is 10.9. The van der Waals surface area contributed by atoms with Crippen molar-refractivity contribution in [1.29, 1.82) is 0 Å². The predicted octanol–water partition coefficient (Wildman–Crippen LogP) is 1.47. The molecule has 1 aromatic rings. The van der Waals surface area contributed by atoms with Crippen LogP contribution in [-0.4, -0.2) is 16.2 Å². The Morgan fingerprint density at radius 1 is 1.54 bits per heavy atom. The molecular formula is C8H8ClNO3. The third-order valence-electron chi connectivity index (χ3n) is 1.62. The van der Waals surface area contributed by atoms with Gasteiger partial charge in [0.05, 0.1) is 5.02 Å². The van der Waals surface area contributed by atoms with Gasteiger partial charge in [-0.25, -0.2) is 5.48 Å². The Kier molecular flexibility index (Phi) is 2.75. The Bertz CT molecular complexity index is 328. The van der Waals surface area contributed by atoms with Crippen molar-refractivity contribution in [3.63, 3.8) is 0 Å². The first-order valence-electron chi connectivity index (χ1n) is 3.50. The van der Waals surface area contributed by atoms with Crippen LogP contribution in [0.2, 0.25) is 5.02 Å². The standard InChI is InChI=1S/C8H8ClNO3/c1-4-2-5(8(12)10-13)3-6(9)7(4)11/h2-3,11,13H,1H3,(H,10,12). The highest BCUT2D eigenvalue weighted by Crippen LogP contribution is 2.28. The molecule has 4 nitrogen and oxygen atoms in total. The van der Waals surface area contributed by atoms with E-state index in [2.05, 4.69) is 0 Å². The zero-order valence-corrected chi connectivity index (χ0v) is 7.59. The van der Waals surface area contributed by atoms with E-state index in [1.807, 2.05) is 0 Å². The summed E-state index contributed by atoms with van der Waals surface area (Å²) in [7, 11) is 0. The molecule has 3 N–H and O–H groups in total. The van der Waals surface area contributed by atoms with E-state index >= 15 is 0 Å². The minimum absolute atomic E-state index is 0.0591. The van der Waals surface area contributed by atoms with E-state index in [1.165, 1.54) is 17.6 Å². The Balaban J connectivity index is 3.20. The maximum atomic E-state index is 10.9. The fraction of sp³-hybridized carbons (Fsp3) is 0.125. The molecule has 0 aliphatic rings. The van der Waals surface area contributed by atoms with E-state index < -0.39 is 5.91 Å². The molecular weight excluding hydrogens is 194 g/mol. The molecule has 0 saturated heterocycles. The number of benzene rings is 1. The number of aryl methyl sites for hydroxylation is 1. The van der Waals surface area contributed by atoms with Crippen molar-refractivity contribution in [3.05, 3.63) is 28.3 Å². The maximum absolute atomic E-state index is 10.9. The van der Waals surface area contributed by atoms with Crippen LogP contribution in [0.1, 0.15) is 15.9 Å². The number of carbonyl (C=O) groups excluding carboxylic acids is 1. The van der Waals surface area contributed by atoms with E-state index in [4.69, 9.17) is 16.8 Å². The van der Waals surface area contributed by atoms with Gasteiger partial charge < -0.3 is 5.11 Å².